The van der Waals surface area contributed by atoms with E-state index in [1.54, 1.807) is 0 Å². The molecule has 2 rings (SSSR count). The van der Waals surface area contributed by atoms with Crippen LogP contribution in [0.5, 0.6) is 11.8 Å². The van der Waals surface area contributed by atoms with E-state index in [0.29, 0.717) is 24.1 Å². The molecule has 2 N–H and O–H groups in total. The number of aromatic nitrogens is 2. The number of hydrogen-bond donors (Lipinski definition) is 1. The second-order valence-corrected chi connectivity index (χ2v) is 4.21. The van der Waals surface area contributed by atoms with Crippen molar-refractivity contribution in [1.82, 2.24) is 9.97 Å². The maximum absolute atomic E-state index is 5.91. The first kappa shape index (κ1) is 12.0. The number of hydrogen-bond acceptors (Lipinski definition) is 5. The molecule has 1 aromatic heterocycles. The molecule has 0 aliphatic heterocycles. The van der Waals surface area contributed by atoms with Crippen LogP contribution in [-0.2, 0) is 0 Å². The maximum atomic E-state index is 5.91. The van der Waals surface area contributed by atoms with E-state index >= 15 is 0 Å². The molecule has 0 amide bonds. The van der Waals surface area contributed by atoms with Gasteiger partial charge < -0.3 is 15.2 Å². The molecule has 1 aromatic rings. The van der Waals surface area contributed by atoms with E-state index in [2.05, 4.69) is 9.97 Å². The number of anilines is 1. The van der Waals surface area contributed by atoms with Crippen LogP contribution in [0.2, 0.25) is 0 Å². The highest BCUT2D eigenvalue weighted by molar-refractivity contribution is 5.55. The molecule has 0 radical (unpaired) electrons. The lowest BCUT2D eigenvalue weighted by molar-refractivity contribution is 0.149. The molecule has 0 atom stereocenters. The number of nitrogen functional groups attached to an aromatic ring is 1. The lowest BCUT2D eigenvalue weighted by Crippen LogP contribution is -2.21. The second-order valence-electron chi connectivity index (χ2n) is 4.21. The van der Waals surface area contributed by atoms with Gasteiger partial charge in [-0.1, -0.05) is 6.42 Å². The molecule has 1 fully saturated rings. The van der Waals surface area contributed by atoms with Crippen LogP contribution in [0.1, 0.15) is 39.0 Å². The Morgan fingerprint density at radius 1 is 1.24 bits per heavy atom. The molecule has 5 heteroatoms. The van der Waals surface area contributed by atoms with Gasteiger partial charge in [0, 0.05) is 0 Å². The average Bonchev–Trinajstić information content (AvgIpc) is 2.36. The monoisotopic (exact) mass is 237 g/mol. The van der Waals surface area contributed by atoms with Gasteiger partial charge in [-0.2, -0.15) is 9.97 Å². The van der Waals surface area contributed by atoms with E-state index in [9.17, 15) is 0 Å². The lowest BCUT2D eigenvalue weighted by Gasteiger charge is -2.23. The molecule has 0 aromatic carbocycles. The van der Waals surface area contributed by atoms with Crippen molar-refractivity contribution in [3.63, 3.8) is 0 Å². The van der Waals surface area contributed by atoms with E-state index < -0.39 is 0 Å². The summed E-state index contributed by atoms with van der Waals surface area (Å²) in [5.41, 5.74) is 6.31. The fourth-order valence-corrected chi connectivity index (χ4v) is 2.05. The molecule has 17 heavy (non-hydrogen) atoms. The predicted octanol–water partition coefficient (Wildman–Crippen LogP) is 2.17. The molecule has 5 nitrogen and oxygen atoms in total. The topological polar surface area (TPSA) is 70.3 Å². The minimum Gasteiger partial charge on any atom is -0.476 e. The first-order valence-corrected chi connectivity index (χ1v) is 6.21. The summed E-state index contributed by atoms with van der Waals surface area (Å²) in [5, 5.41) is 0. The summed E-state index contributed by atoms with van der Waals surface area (Å²) < 4.78 is 11.1. The van der Waals surface area contributed by atoms with Crippen molar-refractivity contribution in [2.24, 2.45) is 0 Å². The zero-order valence-electron chi connectivity index (χ0n) is 10.2. The molecule has 0 bridgehead atoms. The largest absolute Gasteiger partial charge is 0.476 e. The number of nitrogens with two attached hydrogens (primary N) is 1. The van der Waals surface area contributed by atoms with Crippen molar-refractivity contribution in [2.75, 3.05) is 12.3 Å². The quantitative estimate of drug-likeness (QED) is 0.869. The third-order valence-electron chi connectivity index (χ3n) is 2.92. The Morgan fingerprint density at radius 3 is 2.65 bits per heavy atom. The number of ether oxygens (including phenoxy) is 2. The summed E-state index contributed by atoms with van der Waals surface area (Å²) in [7, 11) is 0. The van der Waals surface area contributed by atoms with Crippen molar-refractivity contribution in [1.29, 1.82) is 0 Å². The highest BCUT2D eigenvalue weighted by Gasteiger charge is 2.18. The van der Waals surface area contributed by atoms with Crippen molar-refractivity contribution >= 4 is 5.69 Å². The standard InChI is InChI=1S/C12H19N3O2/c1-2-16-11-10(13)12(15-8-14-11)17-9-6-4-3-5-7-9/h8-9H,2-7,13H2,1H3. The zero-order chi connectivity index (χ0) is 12.1. The Labute approximate surface area is 101 Å². The maximum Gasteiger partial charge on any atom is 0.244 e. The minimum absolute atomic E-state index is 0.232. The summed E-state index contributed by atoms with van der Waals surface area (Å²) in [6.45, 7) is 2.42. The van der Waals surface area contributed by atoms with Crippen LogP contribution in [0.15, 0.2) is 6.33 Å². The van der Waals surface area contributed by atoms with Gasteiger partial charge in [0.05, 0.1) is 6.61 Å². The predicted molar refractivity (Wildman–Crippen MR) is 65.1 cm³/mol. The van der Waals surface area contributed by atoms with Crippen LogP contribution >= 0.6 is 0 Å². The fraction of sp³-hybridized carbons (Fsp3) is 0.667. The SMILES string of the molecule is CCOc1ncnc(OC2CCCCC2)c1N. The van der Waals surface area contributed by atoms with Crippen LogP contribution in [0, 0.1) is 0 Å². The van der Waals surface area contributed by atoms with Gasteiger partial charge in [0.25, 0.3) is 0 Å². The van der Waals surface area contributed by atoms with Gasteiger partial charge in [0.1, 0.15) is 12.4 Å². The van der Waals surface area contributed by atoms with Gasteiger partial charge in [-0.05, 0) is 32.6 Å². The Kier molecular flexibility index (Phi) is 4.01. The minimum atomic E-state index is 0.232. The van der Waals surface area contributed by atoms with Crippen molar-refractivity contribution in [2.45, 2.75) is 45.1 Å². The van der Waals surface area contributed by atoms with Crippen LogP contribution < -0.4 is 15.2 Å². The van der Waals surface area contributed by atoms with Crippen LogP contribution in [-0.4, -0.2) is 22.7 Å². The van der Waals surface area contributed by atoms with Gasteiger partial charge in [-0.3, -0.25) is 0 Å². The van der Waals surface area contributed by atoms with E-state index in [1.165, 1.54) is 25.6 Å². The van der Waals surface area contributed by atoms with Crippen molar-refractivity contribution < 1.29 is 9.47 Å². The summed E-state index contributed by atoms with van der Waals surface area (Å²) in [6, 6.07) is 0. The Bertz CT molecular complexity index is 365. The molecule has 0 saturated heterocycles. The van der Waals surface area contributed by atoms with E-state index in [-0.39, 0.29) is 6.10 Å². The van der Waals surface area contributed by atoms with Gasteiger partial charge in [-0.15, -0.1) is 0 Å². The Hall–Kier alpha value is -1.52. The summed E-state index contributed by atoms with van der Waals surface area (Å²) in [5.74, 6) is 0.864. The molecule has 1 heterocycles. The van der Waals surface area contributed by atoms with Crippen molar-refractivity contribution in [3.05, 3.63) is 6.33 Å². The molecular formula is C12H19N3O2. The third kappa shape index (κ3) is 2.99. The van der Waals surface area contributed by atoms with Gasteiger partial charge in [-0.25, -0.2) is 0 Å². The highest BCUT2D eigenvalue weighted by Crippen LogP contribution is 2.30. The van der Waals surface area contributed by atoms with E-state index in [4.69, 9.17) is 15.2 Å². The van der Waals surface area contributed by atoms with Crippen LogP contribution in [0.3, 0.4) is 0 Å². The fourth-order valence-electron chi connectivity index (χ4n) is 2.05. The van der Waals surface area contributed by atoms with Crippen LogP contribution in [0.4, 0.5) is 5.69 Å². The summed E-state index contributed by atoms with van der Waals surface area (Å²) in [4.78, 5) is 8.06. The molecule has 1 saturated carbocycles. The molecule has 1 aliphatic carbocycles. The van der Waals surface area contributed by atoms with Gasteiger partial charge in [0.15, 0.2) is 5.69 Å². The summed E-state index contributed by atoms with van der Waals surface area (Å²) in [6.07, 6.45) is 7.54. The first-order valence-electron chi connectivity index (χ1n) is 6.21. The second kappa shape index (κ2) is 5.70. The molecule has 94 valence electrons. The molecule has 1 aliphatic rings. The lowest BCUT2D eigenvalue weighted by atomic mass is 9.98. The third-order valence-corrected chi connectivity index (χ3v) is 2.92. The van der Waals surface area contributed by atoms with Gasteiger partial charge >= 0.3 is 0 Å². The van der Waals surface area contributed by atoms with Crippen LogP contribution in [0.25, 0.3) is 0 Å². The average molecular weight is 237 g/mol. The Morgan fingerprint density at radius 2 is 1.94 bits per heavy atom. The van der Waals surface area contributed by atoms with Gasteiger partial charge in [0.2, 0.25) is 11.8 Å². The van der Waals surface area contributed by atoms with E-state index in [1.807, 2.05) is 6.92 Å². The zero-order valence-corrected chi connectivity index (χ0v) is 10.2. The van der Waals surface area contributed by atoms with E-state index in [0.717, 1.165) is 12.8 Å². The number of rotatable bonds is 4. The smallest absolute Gasteiger partial charge is 0.244 e. The molecule has 0 unspecified atom stereocenters. The number of nitrogens with zero attached hydrogens (tertiary/aromatic N) is 2. The normalized spacial score (nSPS) is 16.8. The summed E-state index contributed by atoms with van der Waals surface area (Å²) >= 11 is 0. The first-order chi connectivity index (χ1) is 8.31. The van der Waals surface area contributed by atoms with Crippen molar-refractivity contribution in [3.8, 4) is 11.8 Å². The molecule has 0 spiro atoms. The highest BCUT2D eigenvalue weighted by atomic mass is 16.5. The Balaban J connectivity index is 2.06. The molecular weight excluding hydrogens is 218 g/mol.